The van der Waals surface area contributed by atoms with E-state index >= 15 is 0 Å². The lowest BCUT2D eigenvalue weighted by atomic mass is 9.77. The van der Waals surface area contributed by atoms with E-state index in [1.165, 1.54) is 6.92 Å². The lowest BCUT2D eigenvalue weighted by molar-refractivity contribution is -0.165. The molecule has 2 N–H and O–H groups in total. The molecule has 82 valence electrons. The van der Waals surface area contributed by atoms with Gasteiger partial charge in [0.05, 0.1) is 6.10 Å². The molecule has 3 unspecified atom stereocenters. The second-order valence-corrected chi connectivity index (χ2v) is 4.17. The molecule has 0 aromatic heterocycles. The van der Waals surface area contributed by atoms with Gasteiger partial charge in [0.1, 0.15) is 0 Å². The quantitative estimate of drug-likeness (QED) is 0.717. The van der Waals surface area contributed by atoms with E-state index in [2.05, 4.69) is 0 Å². The summed E-state index contributed by atoms with van der Waals surface area (Å²) in [6.07, 6.45) is 3.38. The van der Waals surface area contributed by atoms with E-state index in [0.29, 0.717) is 6.42 Å². The van der Waals surface area contributed by atoms with Crippen LogP contribution in [-0.2, 0) is 9.53 Å². The molecule has 1 fully saturated rings. The smallest absolute Gasteiger partial charge is 0.335 e. The molecule has 0 aromatic rings. The molecule has 4 nitrogen and oxygen atoms in total. The third kappa shape index (κ3) is 2.25. The van der Waals surface area contributed by atoms with Crippen LogP contribution < -0.4 is 0 Å². The first-order valence-electron chi connectivity index (χ1n) is 4.97. The molecule has 4 heteroatoms. The van der Waals surface area contributed by atoms with Crippen molar-refractivity contribution >= 4 is 5.97 Å². The zero-order valence-corrected chi connectivity index (χ0v) is 8.69. The van der Waals surface area contributed by atoms with Crippen molar-refractivity contribution in [2.75, 3.05) is 7.11 Å². The van der Waals surface area contributed by atoms with Crippen molar-refractivity contribution in [2.24, 2.45) is 5.92 Å². The zero-order chi connectivity index (χ0) is 10.8. The minimum Gasteiger partial charge on any atom is -0.479 e. The van der Waals surface area contributed by atoms with E-state index in [1.54, 1.807) is 7.11 Å². The number of ether oxygens (including phenoxy) is 1. The number of carboxylic acids is 1. The molecular formula is C10H18O4. The number of hydrogen-bond donors (Lipinski definition) is 2. The molecule has 1 saturated carbocycles. The van der Waals surface area contributed by atoms with Crippen LogP contribution in [0.2, 0.25) is 0 Å². The normalized spacial score (nSPS) is 32.2. The number of aliphatic carboxylic acids is 1. The largest absolute Gasteiger partial charge is 0.479 e. The Labute approximate surface area is 83.9 Å². The fourth-order valence-corrected chi connectivity index (χ4v) is 2.04. The first-order chi connectivity index (χ1) is 6.48. The van der Waals surface area contributed by atoms with Crippen molar-refractivity contribution in [3.8, 4) is 0 Å². The van der Waals surface area contributed by atoms with E-state index in [9.17, 15) is 9.90 Å². The van der Waals surface area contributed by atoms with Gasteiger partial charge >= 0.3 is 5.97 Å². The maximum atomic E-state index is 10.8. The monoisotopic (exact) mass is 202 g/mol. The number of hydrogen-bond acceptors (Lipinski definition) is 3. The van der Waals surface area contributed by atoms with Crippen LogP contribution in [0.4, 0.5) is 0 Å². The number of aliphatic hydroxyl groups is 1. The maximum absolute atomic E-state index is 10.8. The number of carbonyl (C=O) groups is 1. The summed E-state index contributed by atoms with van der Waals surface area (Å²) in [7, 11) is 1.63. The van der Waals surface area contributed by atoms with E-state index in [4.69, 9.17) is 9.84 Å². The van der Waals surface area contributed by atoms with Gasteiger partial charge in [0.25, 0.3) is 0 Å². The van der Waals surface area contributed by atoms with Gasteiger partial charge in [0.15, 0.2) is 5.60 Å². The Bertz CT molecular complexity index is 212. The predicted octanol–water partition coefficient (Wildman–Crippen LogP) is 1.03. The molecule has 1 aliphatic rings. The summed E-state index contributed by atoms with van der Waals surface area (Å²) in [4.78, 5) is 10.8. The molecule has 0 spiro atoms. The fourth-order valence-electron chi connectivity index (χ4n) is 2.04. The average Bonchev–Trinajstić information content (AvgIpc) is 2.17. The second-order valence-electron chi connectivity index (χ2n) is 4.17. The molecule has 0 amide bonds. The fraction of sp³-hybridized carbons (Fsp3) is 0.900. The molecule has 0 bridgehead atoms. The van der Waals surface area contributed by atoms with Crippen molar-refractivity contribution in [3.05, 3.63) is 0 Å². The molecule has 0 radical (unpaired) electrons. The second kappa shape index (κ2) is 4.28. The molecule has 0 saturated heterocycles. The molecular weight excluding hydrogens is 184 g/mol. The highest BCUT2D eigenvalue weighted by molar-refractivity contribution is 5.76. The molecule has 3 atom stereocenters. The van der Waals surface area contributed by atoms with Crippen molar-refractivity contribution in [2.45, 2.75) is 44.3 Å². The number of carboxylic acid groups (broad SMARTS) is 1. The summed E-state index contributed by atoms with van der Waals surface area (Å²) in [5, 5.41) is 18.6. The van der Waals surface area contributed by atoms with E-state index in [-0.39, 0.29) is 12.0 Å². The first kappa shape index (κ1) is 11.5. The van der Waals surface area contributed by atoms with Gasteiger partial charge in [-0.25, -0.2) is 4.79 Å². The highest BCUT2D eigenvalue weighted by Crippen LogP contribution is 2.33. The standard InChI is InChI=1S/C10H18O4/c1-10(13,9(11)12)7-4-3-5-8(6-7)14-2/h7-8,13H,3-6H2,1-2H3,(H,11,12). The van der Waals surface area contributed by atoms with Crippen LogP contribution in [0.25, 0.3) is 0 Å². The summed E-state index contributed by atoms with van der Waals surface area (Å²) in [6, 6.07) is 0. The predicted molar refractivity (Wildman–Crippen MR) is 51.0 cm³/mol. The topological polar surface area (TPSA) is 66.8 Å². The van der Waals surface area contributed by atoms with Crippen LogP contribution in [0.3, 0.4) is 0 Å². The molecule has 0 aliphatic heterocycles. The third-order valence-corrected chi connectivity index (χ3v) is 3.19. The molecule has 0 heterocycles. The van der Waals surface area contributed by atoms with Crippen molar-refractivity contribution < 1.29 is 19.7 Å². The minimum atomic E-state index is -1.61. The summed E-state index contributed by atoms with van der Waals surface area (Å²) < 4.78 is 5.19. The van der Waals surface area contributed by atoms with Gasteiger partial charge in [-0.15, -0.1) is 0 Å². The Balaban J connectivity index is 2.63. The summed E-state index contributed by atoms with van der Waals surface area (Å²) >= 11 is 0. The van der Waals surface area contributed by atoms with Crippen molar-refractivity contribution in [1.29, 1.82) is 0 Å². The molecule has 0 aromatic carbocycles. The van der Waals surface area contributed by atoms with Gasteiger partial charge in [-0.05, 0) is 26.2 Å². The highest BCUT2D eigenvalue weighted by atomic mass is 16.5. The Morgan fingerprint density at radius 2 is 2.14 bits per heavy atom. The van der Waals surface area contributed by atoms with Crippen molar-refractivity contribution in [1.82, 2.24) is 0 Å². The Morgan fingerprint density at radius 3 is 2.64 bits per heavy atom. The lowest BCUT2D eigenvalue weighted by Gasteiger charge is -2.35. The van der Waals surface area contributed by atoms with Crippen LogP contribution in [0.5, 0.6) is 0 Å². The van der Waals surface area contributed by atoms with Gasteiger partial charge in [0.2, 0.25) is 0 Å². The van der Waals surface area contributed by atoms with Gasteiger partial charge in [-0.1, -0.05) is 6.42 Å². The SMILES string of the molecule is COC1CCCC(C(C)(O)C(=O)O)C1. The third-order valence-electron chi connectivity index (χ3n) is 3.19. The summed E-state index contributed by atoms with van der Waals surface area (Å²) in [5.74, 6) is -1.34. The Morgan fingerprint density at radius 1 is 1.50 bits per heavy atom. The Hall–Kier alpha value is -0.610. The Kier molecular flexibility index (Phi) is 3.50. The molecule has 1 rings (SSSR count). The summed E-state index contributed by atoms with van der Waals surface area (Å²) in [5.41, 5.74) is -1.61. The molecule has 1 aliphatic carbocycles. The van der Waals surface area contributed by atoms with Gasteiger partial charge in [-0.2, -0.15) is 0 Å². The van der Waals surface area contributed by atoms with Gasteiger partial charge < -0.3 is 14.9 Å². The minimum absolute atomic E-state index is 0.0968. The number of methoxy groups -OCH3 is 1. The molecule has 14 heavy (non-hydrogen) atoms. The van der Waals surface area contributed by atoms with Crippen LogP contribution in [0, 0.1) is 5.92 Å². The van der Waals surface area contributed by atoms with Crippen LogP contribution in [-0.4, -0.2) is 35.0 Å². The van der Waals surface area contributed by atoms with E-state index in [0.717, 1.165) is 19.3 Å². The lowest BCUT2D eigenvalue weighted by Crippen LogP contribution is -2.45. The maximum Gasteiger partial charge on any atom is 0.335 e. The highest BCUT2D eigenvalue weighted by Gasteiger charge is 2.41. The summed E-state index contributed by atoms with van der Waals surface area (Å²) in [6.45, 7) is 1.37. The van der Waals surface area contributed by atoms with Crippen LogP contribution >= 0.6 is 0 Å². The average molecular weight is 202 g/mol. The van der Waals surface area contributed by atoms with Crippen LogP contribution in [0.15, 0.2) is 0 Å². The van der Waals surface area contributed by atoms with E-state index in [1.807, 2.05) is 0 Å². The van der Waals surface area contributed by atoms with Gasteiger partial charge in [-0.3, -0.25) is 0 Å². The van der Waals surface area contributed by atoms with E-state index < -0.39 is 11.6 Å². The van der Waals surface area contributed by atoms with Crippen molar-refractivity contribution in [3.63, 3.8) is 0 Å². The van der Waals surface area contributed by atoms with Crippen LogP contribution in [0.1, 0.15) is 32.6 Å². The van der Waals surface area contributed by atoms with Gasteiger partial charge in [0, 0.05) is 13.0 Å². The first-order valence-corrected chi connectivity index (χ1v) is 4.97. The zero-order valence-electron chi connectivity index (χ0n) is 8.69. The number of rotatable bonds is 3.